The highest BCUT2D eigenvalue weighted by molar-refractivity contribution is 7.53. The number of nitro groups is 2. The van der Waals surface area contributed by atoms with Crippen molar-refractivity contribution in [1.29, 1.82) is 0 Å². The first-order valence-corrected chi connectivity index (χ1v) is 6.55. The lowest BCUT2D eigenvalue weighted by Crippen LogP contribution is -2.40. The molecule has 5 N–H and O–H groups in total. The molecule has 0 aliphatic carbocycles. The number of nitro benzene ring substituents is 2. The monoisotopic (exact) mass is 307 g/mol. The molecule has 0 aliphatic rings. The topological polar surface area (TPSA) is 190 Å². The molecule has 1 aromatic rings. The molecule has 0 spiro atoms. The number of aliphatic hydroxyl groups is 1. The van der Waals surface area contributed by atoms with Crippen molar-refractivity contribution in [2.75, 3.05) is 6.61 Å². The van der Waals surface area contributed by atoms with Crippen molar-refractivity contribution < 1.29 is 29.3 Å². The fraction of sp³-hybridized carbons (Fsp3) is 0.250. The first-order valence-electron chi connectivity index (χ1n) is 4.94. The normalized spacial score (nSPS) is 14.6. The maximum atomic E-state index is 11.4. The average Bonchev–Trinajstić information content (AvgIpc) is 2.35. The molecule has 0 aromatic heterocycles. The molecule has 0 heterocycles. The number of aliphatic hydroxyl groups excluding tert-OH is 1. The number of hydrogen-bond donors (Lipinski definition) is 4. The first kappa shape index (κ1) is 16.1. The minimum atomic E-state index is -5.23. The van der Waals surface area contributed by atoms with E-state index in [2.05, 4.69) is 0 Å². The second-order valence-electron chi connectivity index (χ2n) is 3.81. The Morgan fingerprint density at radius 3 is 2.15 bits per heavy atom. The van der Waals surface area contributed by atoms with E-state index < -0.39 is 46.3 Å². The van der Waals surface area contributed by atoms with E-state index in [1.807, 2.05) is 0 Å². The van der Waals surface area contributed by atoms with E-state index in [1.54, 1.807) is 0 Å². The highest BCUT2D eigenvalue weighted by atomic mass is 31.2. The van der Waals surface area contributed by atoms with E-state index in [-0.39, 0.29) is 0 Å². The molecular formula is C8H10N3O8P. The van der Waals surface area contributed by atoms with Gasteiger partial charge >= 0.3 is 19.0 Å². The quantitative estimate of drug-likeness (QED) is 0.323. The number of para-hydroxylation sites is 1. The summed E-state index contributed by atoms with van der Waals surface area (Å²) in [6.45, 7) is -1.33. The lowest BCUT2D eigenvalue weighted by molar-refractivity contribution is -0.423. The summed E-state index contributed by atoms with van der Waals surface area (Å²) in [5.74, 6) is 0. The molecule has 0 radical (unpaired) electrons. The summed E-state index contributed by atoms with van der Waals surface area (Å²) in [6, 6.07) is 2.62. The molecule has 20 heavy (non-hydrogen) atoms. The van der Waals surface area contributed by atoms with Crippen LogP contribution in [0.4, 0.5) is 11.4 Å². The fourth-order valence-electron chi connectivity index (χ4n) is 1.55. The van der Waals surface area contributed by atoms with Crippen LogP contribution in [0.15, 0.2) is 18.2 Å². The molecule has 0 saturated heterocycles. The summed E-state index contributed by atoms with van der Waals surface area (Å²) >= 11 is 0. The third-order valence-electron chi connectivity index (χ3n) is 2.62. The van der Waals surface area contributed by atoms with Gasteiger partial charge in [0.1, 0.15) is 0 Å². The van der Waals surface area contributed by atoms with Crippen molar-refractivity contribution in [2.45, 2.75) is 5.28 Å². The number of hydrogen-bond acceptors (Lipinski definition) is 7. The molecule has 1 unspecified atom stereocenters. The van der Waals surface area contributed by atoms with Crippen molar-refractivity contribution in [3.8, 4) is 0 Å². The van der Waals surface area contributed by atoms with Gasteiger partial charge in [0.25, 0.3) is 0 Å². The van der Waals surface area contributed by atoms with Crippen LogP contribution in [0.25, 0.3) is 0 Å². The van der Waals surface area contributed by atoms with Gasteiger partial charge in [0, 0.05) is 6.07 Å². The standard InChI is InChI=1S/C8H10N3O8P/c9-8(4-12,20(17,18)19)5-2-1-3-6(10(13)14)7(5)11(15)16/h1-3,12H,4,9H2,(H2,17,18,19). The van der Waals surface area contributed by atoms with Gasteiger partial charge in [-0.3, -0.25) is 24.8 Å². The summed E-state index contributed by atoms with van der Waals surface area (Å²) in [7, 11) is -5.23. The van der Waals surface area contributed by atoms with Gasteiger partial charge in [-0.15, -0.1) is 0 Å². The predicted molar refractivity (Wildman–Crippen MR) is 64.7 cm³/mol. The van der Waals surface area contributed by atoms with E-state index in [1.165, 1.54) is 0 Å². The van der Waals surface area contributed by atoms with Crippen LogP contribution in [0.2, 0.25) is 0 Å². The molecule has 0 aliphatic heterocycles. The van der Waals surface area contributed by atoms with E-state index in [0.29, 0.717) is 0 Å². The number of nitrogens with two attached hydrogens (primary N) is 1. The number of nitrogens with zero attached hydrogens (tertiary/aromatic N) is 2. The molecule has 0 amide bonds. The summed E-state index contributed by atoms with van der Waals surface area (Å²) in [5.41, 5.74) is 2.40. The minimum absolute atomic E-state index is 0.791. The highest BCUT2D eigenvalue weighted by Gasteiger charge is 2.50. The molecule has 110 valence electrons. The molecule has 1 atom stereocenters. The van der Waals surface area contributed by atoms with Gasteiger partial charge in [0.15, 0.2) is 5.28 Å². The summed E-state index contributed by atoms with van der Waals surface area (Å²) in [6.07, 6.45) is 0. The first-order chi connectivity index (χ1) is 9.06. The molecule has 1 rings (SSSR count). The van der Waals surface area contributed by atoms with Gasteiger partial charge in [0.2, 0.25) is 0 Å². The Kier molecular flexibility index (Phi) is 4.22. The largest absolute Gasteiger partial charge is 0.393 e. The molecule has 0 bridgehead atoms. The van der Waals surface area contributed by atoms with E-state index in [9.17, 15) is 24.8 Å². The zero-order chi connectivity index (χ0) is 15.7. The van der Waals surface area contributed by atoms with Crippen molar-refractivity contribution in [1.82, 2.24) is 0 Å². The van der Waals surface area contributed by atoms with E-state index in [4.69, 9.17) is 20.6 Å². The molecule has 0 fully saturated rings. The summed E-state index contributed by atoms with van der Waals surface area (Å²) < 4.78 is 11.4. The SMILES string of the molecule is NC(CO)(c1cccc([N+](=O)[O-])c1[N+](=O)[O-])P(=O)(O)O. The van der Waals surface area contributed by atoms with Gasteiger partial charge in [-0.2, -0.15) is 0 Å². The maximum absolute atomic E-state index is 11.4. The lowest BCUT2D eigenvalue weighted by atomic mass is 10.0. The Balaban J connectivity index is 3.77. The lowest BCUT2D eigenvalue weighted by Gasteiger charge is -2.27. The van der Waals surface area contributed by atoms with Crippen LogP contribution in [-0.4, -0.2) is 31.3 Å². The molecular weight excluding hydrogens is 297 g/mol. The van der Waals surface area contributed by atoms with Gasteiger partial charge < -0.3 is 20.6 Å². The van der Waals surface area contributed by atoms with Crippen molar-refractivity contribution in [3.05, 3.63) is 44.0 Å². The van der Waals surface area contributed by atoms with Gasteiger partial charge in [0.05, 0.1) is 22.0 Å². The summed E-state index contributed by atoms with van der Waals surface area (Å²) in [4.78, 5) is 37.7. The average molecular weight is 307 g/mol. The van der Waals surface area contributed by atoms with Gasteiger partial charge in [-0.05, 0) is 6.07 Å². The Bertz CT molecular complexity index is 614. The van der Waals surface area contributed by atoms with Gasteiger partial charge in [-0.25, -0.2) is 0 Å². The second-order valence-corrected chi connectivity index (χ2v) is 5.70. The van der Waals surface area contributed by atoms with E-state index >= 15 is 0 Å². The molecule has 12 heteroatoms. The number of rotatable bonds is 5. The Morgan fingerprint density at radius 1 is 1.25 bits per heavy atom. The summed E-state index contributed by atoms with van der Waals surface area (Å²) in [5, 5.41) is 28.0. The van der Waals surface area contributed by atoms with Crippen LogP contribution in [0.1, 0.15) is 5.56 Å². The smallest absolute Gasteiger partial charge is 0.352 e. The Hall–Kier alpha value is -1.91. The van der Waals surface area contributed by atoms with Crippen LogP contribution in [0.3, 0.4) is 0 Å². The van der Waals surface area contributed by atoms with Crippen LogP contribution in [-0.2, 0) is 9.85 Å². The molecule has 11 nitrogen and oxygen atoms in total. The van der Waals surface area contributed by atoms with Gasteiger partial charge in [-0.1, -0.05) is 6.07 Å². The molecule has 1 aromatic carbocycles. The van der Waals surface area contributed by atoms with Crippen molar-refractivity contribution >= 4 is 19.0 Å². The zero-order valence-corrected chi connectivity index (χ0v) is 10.6. The third-order valence-corrected chi connectivity index (χ3v) is 4.04. The predicted octanol–water partition coefficient (Wildman–Crippen LogP) is -0.216. The third kappa shape index (κ3) is 2.53. The van der Waals surface area contributed by atoms with Crippen molar-refractivity contribution in [2.24, 2.45) is 5.73 Å². The van der Waals surface area contributed by atoms with Crippen molar-refractivity contribution in [3.63, 3.8) is 0 Å². The fourth-order valence-corrected chi connectivity index (χ4v) is 2.23. The van der Waals surface area contributed by atoms with Crippen LogP contribution < -0.4 is 5.73 Å². The van der Waals surface area contributed by atoms with E-state index in [0.717, 1.165) is 18.2 Å². The second kappa shape index (κ2) is 5.23. The van der Waals surface area contributed by atoms with Crippen LogP contribution in [0, 0.1) is 20.2 Å². The van der Waals surface area contributed by atoms with Crippen LogP contribution in [0.5, 0.6) is 0 Å². The van der Waals surface area contributed by atoms with Crippen LogP contribution >= 0.6 is 7.60 Å². The Labute approximate surface area is 111 Å². The minimum Gasteiger partial charge on any atom is -0.393 e. The number of benzene rings is 1. The Morgan fingerprint density at radius 2 is 1.80 bits per heavy atom. The zero-order valence-electron chi connectivity index (χ0n) is 9.74. The molecule has 0 saturated carbocycles. The highest BCUT2D eigenvalue weighted by Crippen LogP contribution is 2.55. The maximum Gasteiger partial charge on any atom is 0.352 e.